The number of aryl methyl sites for hydroxylation is 1. The molecule has 0 unspecified atom stereocenters. The third-order valence-electron chi connectivity index (χ3n) is 5.57. The highest BCUT2D eigenvalue weighted by atomic mass is 16.2. The summed E-state index contributed by atoms with van der Waals surface area (Å²) in [4.78, 5) is 33.2. The number of pyridine rings is 1. The molecule has 2 aliphatic heterocycles. The third kappa shape index (κ3) is 4.74. The zero-order chi connectivity index (χ0) is 20.2. The zero-order valence-corrected chi connectivity index (χ0v) is 16.8. The Kier molecular flexibility index (Phi) is 5.76. The van der Waals surface area contributed by atoms with Crippen molar-refractivity contribution in [1.82, 2.24) is 15.2 Å². The molecule has 29 heavy (non-hydrogen) atoms. The lowest BCUT2D eigenvalue weighted by Crippen LogP contribution is -2.29. The number of aromatic nitrogens is 1. The maximum Gasteiger partial charge on any atom is 0.251 e. The number of carbonyl (C=O) groups excluding carboxylic acids is 2. The average molecular weight is 393 g/mol. The molecule has 0 atom stereocenters. The summed E-state index contributed by atoms with van der Waals surface area (Å²) in [5.74, 6) is 0.897. The smallest absolute Gasteiger partial charge is 0.251 e. The minimum absolute atomic E-state index is 0.0258. The largest absolute Gasteiger partial charge is 0.355 e. The Morgan fingerprint density at radius 1 is 1.14 bits per heavy atom. The van der Waals surface area contributed by atoms with Crippen LogP contribution >= 0.6 is 0 Å². The van der Waals surface area contributed by atoms with Crippen molar-refractivity contribution in [2.75, 3.05) is 43.4 Å². The van der Waals surface area contributed by atoms with Crippen molar-refractivity contribution in [3.63, 3.8) is 0 Å². The first-order valence-electron chi connectivity index (χ1n) is 10.2. The van der Waals surface area contributed by atoms with Gasteiger partial charge in [-0.1, -0.05) is 6.07 Å². The van der Waals surface area contributed by atoms with E-state index in [1.165, 1.54) is 0 Å². The van der Waals surface area contributed by atoms with Gasteiger partial charge in [0.15, 0.2) is 0 Å². The maximum atomic E-state index is 12.5. The van der Waals surface area contributed by atoms with Crippen LogP contribution in [0.2, 0.25) is 0 Å². The molecular weight excluding hydrogens is 366 g/mol. The second kappa shape index (κ2) is 8.61. The highest BCUT2D eigenvalue weighted by Gasteiger charge is 2.17. The van der Waals surface area contributed by atoms with Crippen molar-refractivity contribution in [2.24, 2.45) is 0 Å². The number of carbonyl (C=O) groups is 2. The molecule has 0 radical (unpaired) electrons. The molecule has 1 aromatic heterocycles. The second-order valence-electron chi connectivity index (χ2n) is 7.77. The summed E-state index contributed by atoms with van der Waals surface area (Å²) in [6, 6.07) is 9.48. The van der Waals surface area contributed by atoms with Crippen molar-refractivity contribution in [3.8, 4) is 0 Å². The summed E-state index contributed by atoms with van der Waals surface area (Å²) in [5, 5.41) is 5.80. The van der Waals surface area contributed by atoms with Crippen molar-refractivity contribution in [2.45, 2.75) is 25.8 Å². The number of amides is 2. The Balaban J connectivity index is 1.34. The van der Waals surface area contributed by atoms with E-state index in [1.807, 2.05) is 24.4 Å². The molecule has 7 heteroatoms. The number of hydrogen-bond acceptors (Lipinski definition) is 5. The maximum absolute atomic E-state index is 12.5. The molecular formula is C22H27N5O2. The third-order valence-corrected chi connectivity index (χ3v) is 5.57. The van der Waals surface area contributed by atoms with Gasteiger partial charge in [0.25, 0.3) is 5.91 Å². The lowest BCUT2D eigenvalue weighted by Gasteiger charge is -2.21. The van der Waals surface area contributed by atoms with Crippen LogP contribution in [0.3, 0.4) is 0 Å². The van der Waals surface area contributed by atoms with Crippen LogP contribution in [-0.2, 0) is 17.8 Å². The fourth-order valence-electron chi connectivity index (χ4n) is 3.79. The van der Waals surface area contributed by atoms with Gasteiger partial charge in [0, 0.05) is 50.0 Å². The number of anilines is 2. The van der Waals surface area contributed by atoms with Crippen molar-refractivity contribution >= 4 is 23.3 Å². The van der Waals surface area contributed by atoms with Gasteiger partial charge in [0.2, 0.25) is 5.91 Å². The van der Waals surface area contributed by atoms with Gasteiger partial charge in [-0.3, -0.25) is 9.59 Å². The van der Waals surface area contributed by atoms with E-state index in [0.717, 1.165) is 55.2 Å². The summed E-state index contributed by atoms with van der Waals surface area (Å²) < 4.78 is 0. The van der Waals surface area contributed by atoms with Crippen molar-refractivity contribution in [1.29, 1.82) is 0 Å². The van der Waals surface area contributed by atoms with Crippen molar-refractivity contribution in [3.05, 3.63) is 53.2 Å². The molecule has 2 aliphatic rings. The molecule has 3 heterocycles. The molecule has 152 valence electrons. The highest BCUT2D eigenvalue weighted by Crippen LogP contribution is 2.23. The van der Waals surface area contributed by atoms with Gasteiger partial charge < -0.3 is 20.4 Å². The number of nitrogens with zero attached hydrogens (tertiary/aromatic N) is 3. The Morgan fingerprint density at radius 3 is 2.86 bits per heavy atom. The lowest BCUT2D eigenvalue weighted by molar-refractivity contribution is -0.116. The number of hydrogen-bond donors (Lipinski definition) is 2. The van der Waals surface area contributed by atoms with Gasteiger partial charge in [-0.2, -0.15) is 0 Å². The molecule has 1 fully saturated rings. The predicted molar refractivity (Wildman–Crippen MR) is 113 cm³/mol. The number of benzene rings is 1. The highest BCUT2D eigenvalue weighted by molar-refractivity contribution is 5.97. The van der Waals surface area contributed by atoms with E-state index in [-0.39, 0.29) is 11.8 Å². The van der Waals surface area contributed by atoms with Crippen molar-refractivity contribution < 1.29 is 9.59 Å². The van der Waals surface area contributed by atoms with Gasteiger partial charge in [0.05, 0.1) is 0 Å². The fraction of sp³-hybridized carbons (Fsp3) is 0.409. The van der Waals surface area contributed by atoms with Gasteiger partial charge in [-0.25, -0.2) is 4.98 Å². The lowest BCUT2D eigenvalue weighted by atomic mass is 10.00. The number of fused-ring (bicyclic) bond motifs is 1. The quantitative estimate of drug-likeness (QED) is 0.831. The first kappa shape index (κ1) is 19.4. The SMILES string of the molecule is CN1CCCN(c2ccc(CNC(=O)c3ccc4c(c3)CCC(=O)N4)cn2)CC1. The Labute approximate surface area is 171 Å². The topological polar surface area (TPSA) is 77.6 Å². The van der Waals surface area contributed by atoms with Crippen LogP contribution in [0, 0.1) is 0 Å². The zero-order valence-electron chi connectivity index (χ0n) is 16.8. The van der Waals surface area contributed by atoms with E-state index in [0.29, 0.717) is 24.9 Å². The monoisotopic (exact) mass is 393 g/mol. The van der Waals surface area contributed by atoms with E-state index in [4.69, 9.17) is 0 Å². The molecule has 0 saturated carbocycles. The van der Waals surface area contributed by atoms with E-state index >= 15 is 0 Å². The second-order valence-corrected chi connectivity index (χ2v) is 7.77. The summed E-state index contributed by atoms with van der Waals surface area (Å²) in [7, 11) is 2.15. The summed E-state index contributed by atoms with van der Waals surface area (Å²) in [6.45, 7) is 4.60. The number of rotatable bonds is 4. The summed E-state index contributed by atoms with van der Waals surface area (Å²) in [5.41, 5.74) is 3.39. The molecule has 2 N–H and O–H groups in total. The van der Waals surface area contributed by atoms with E-state index in [1.54, 1.807) is 12.1 Å². The molecule has 4 rings (SSSR count). The van der Waals surface area contributed by atoms with Gasteiger partial charge in [0.1, 0.15) is 5.82 Å². The molecule has 0 aliphatic carbocycles. The van der Waals surface area contributed by atoms with E-state index in [2.05, 4.69) is 32.5 Å². The van der Waals surface area contributed by atoms with Gasteiger partial charge in [-0.05, 0) is 61.8 Å². The van der Waals surface area contributed by atoms with Crippen LogP contribution in [0.1, 0.15) is 34.3 Å². The molecule has 1 saturated heterocycles. The summed E-state index contributed by atoms with van der Waals surface area (Å²) in [6.07, 6.45) is 4.11. The number of likely N-dealkylation sites (N-methyl/N-ethyl adjacent to an activating group) is 1. The fourth-order valence-corrected chi connectivity index (χ4v) is 3.79. The Bertz CT molecular complexity index is 897. The Hall–Kier alpha value is -2.93. The van der Waals surface area contributed by atoms with E-state index in [9.17, 15) is 9.59 Å². The normalized spacial score (nSPS) is 17.3. The van der Waals surface area contributed by atoms with Crippen LogP contribution in [0.5, 0.6) is 0 Å². The molecule has 1 aromatic carbocycles. The first-order chi connectivity index (χ1) is 14.1. The van der Waals surface area contributed by atoms with Gasteiger partial charge in [-0.15, -0.1) is 0 Å². The molecule has 2 amide bonds. The molecule has 7 nitrogen and oxygen atoms in total. The minimum Gasteiger partial charge on any atom is -0.355 e. The van der Waals surface area contributed by atoms with Crippen LogP contribution in [0.25, 0.3) is 0 Å². The molecule has 0 spiro atoms. The molecule has 0 bridgehead atoms. The number of nitrogens with one attached hydrogen (secondary N) is 2. The van der Waals surface area contributed by atoms with E-state index < -0.39 is 0 Å². The van der Waals surface area contributed by atoms with Crippen LogP contribution in [0.4, 0.5) is 11.5 Å². The first-order valence-corrected chi connectivity index (χ1v) is 10.2. The van der Waals surface area contributed by atoms with Crippen LogP contribution in [-0.4, -0.2) is 54.9 Å². The van der Waals surface area contributed by atoms with Gasteiger partial charge >= 0.3 is 0 Å². The average Bonchev–Trinajstić information content (AvgIpc) is 2.96. The summed E-state index contributed by atoms with van der Waals surface area (Å²) >= 11 is 0. The van der Waals surface area contributed by atoms with Crippen LogP contribution in [0.15, 0.2) is 36.5 Å². The minimum atomic E-state index is -0.121. The molecule has 2 aromatic rings. The Morgan fingerprint density at radius 2 is 2.03 bits per heavy atom. The van der Waals surface area contributed by atoms with Crippen LogP contribution < -0.4 is 15.5 Å². The predicted octanol–water partition coefficient (Wildman–Crippen LogP) is 2.04. The standard InChI is InChI=1S/C22H27N5O2/c1-26-9-2-10-27(12-11-26)20-7-3-16(14-23-20)15-24-22(29)18-4-6-19-17(13-18)5-8-21(28)25-19/h3-4,6-7,13-14H,2,5,8-12,15H2,1H3,(H,24,29)(H,25,28).